The Morgan fingerprint density at radius 1 is 0.810 bits per heavy atom. The Morgan fingerprint density at radius 3 is 0.810 bits per heavy atom. The summed E-state index contributed by atoms with van der Waals surface area (Å²) in [5.41, 5.74) is 5.94. The van der Waals surface area contributed by atoms with Crippen LogP contribution in [0.15, 0.2) is 0 Å². The van der Waals surface area contributed by atoms with Gasteiger partial charge in [-0.05, 0) is 20.8 Å². The molecule has 12 heteroatoms. The summed E-state index contributed by atoms with van der Waals surface area (Å²) in [5, 5.41) is 5.91. The maximum Gasteiger partial charge on any atom is 0.144 e. The Balaban J connectivity index is -0.0000000239. The molecule has 1 amide bonds. The number of hydrogen-bond acceptors (Lipinski definition) is 6. The quantitative estimate of drug-likeness (QED) is 0.494. The molecule has 126 valence electrons. The predicted molar refractivity (Wildman–Crippen MR) is 78.0 cm³/mol. The maximum atomic E-state index is 9.63. The van der Waals surface area contributed by atoms with Crippen molar-refractivity contribution in [3.05, 3.63) is 10.9 Å². The van der Waals surface area contributed by atoms with Crippen LogP contribution in [0.5, 0.6) is 0 Å². The van der Waals surface area contributed by atoms with Crippen LogP contribution in [0.2, 0.25) is 0 Å². The van der Waals surface area contributed by atoms with Gasteiger partial charge in [0, 0.05) is 90.1 Å². The zero-order valence-electron chi connectivity index (χ0n) is 12.4. The van der Waals surface area contributed by atoms with Crippen LogP contribution >= 0.6 is 0 Å². The predicted octanol–water partition coefficient (Wildman–Crippen LogP) is 1.47. The monoisotopic (exact) mass is 498 g/mol. The number of nitrogens with one attached hydrogen (secondary N) is 2. The summed E-state index contributed by atoms with van der Waals surface area (Å²) in [6.45, 7) is 4.25. The molecule has 2 N–H and O–H groups in total. The van der Waals surface area contributed by atoms with Gasteiger partial charge in [-0.2, -0.15) is 0 Å². The zero-order valence-corrected chi connectivity index (χ0v) is 19.7. The van der Waals surface area contributed by atoms with Crippen molar-refractivity contribution in [1.82, 2.24) is 0 Å². The first-order valence-electron chi connectivity index (χ1n) is 4.25. The molecule has 2 radical (unpaired) electrons. The molecule has 0 bridgehead atoms. The Morgan fingerprint density at radius 2 is 0.810 bits per heavy atom. The Bertz CT molecular complexity index is 369. The van der Waals surface area contributed by atoms with Gasteiger partial charge < -0.3 is 20.5 Å². The Labute approximate surface area is 179 Å². The first-order chi connectivity index (χ1) is 7.46. The molecule has 0 spiro atoms. The molecule has 0 atom stereocenters. The van der Waals surface area contributed by atoms with Gasteiger partial charge in [-0.1, -0.05) is 7.43 Å². The van der Waals surface area contributed by atoms with E-state index in [4.69, 9.17) is 15.7 Å². The van der Waals surface area contributed by atoms with Gasteiger partial charge in [0.1, 0.15) is 15.6 Å². The van der Waals surface area contributed by atoms with Crippen LogP contribution in [0.1, 0.15) is 28.2 Å². The summed E-state index contributed by atoms with van der Waals surface area (Å²) in [6, 6.07) is 0. The number of rotatable bonds is 0. The van der Waals surface area contributed by atoms with Crippen LogP contribution in [0.25, 0.3) is 10.9 Å². The van der Waals surface area contributed by atoms with Crippen LogP contribution in [0.3, 0.4) is 0 Å². The van der Waals surface area contributed by atoms with Gasteiger partial charge in [0.15, 0.2) is 0 Å². The number of ketones is 1. The molecular formula is C9H24N2O6S2Y2-2. The molecule has 0 aromatic carbocycles. The van der Waals surface area contributed by atoms with Crippen molar-refractivity contribution in [2.75, 3.05) is 18.8 Å². The number of sulfone groups is 1. The standard InChI is InChI=1S/C3H6O.C2H5NO.C2H6O2S.CH4NO2S.CH4.2Y/c1-3(2)4;1-2(3)4;2*1-5(2,3)4;;;/h1-2H3;1H3,(H2,3,4);1-2H3;1H3,(H-,2,3,4);1H4;;/q;;;-1;;;/p-1. The average Bonchev–Trinajstić information content (AvgIpc) is 1.70. The van der Waals surface area contributed by atoms with Gasteiger partial charge in [0.05, 0.1) is 10.0 Å². The second kappa shape index (κ2) is 23.5. The van der Waals surface area contributed by atoms with Gasteiger partial charge in [-0.25, -0.2) is 16.8 Å². The second-order valence-electron chi connectivity index (χ2n) is 3.38. The number of Topliss-reactive ketones (excluding diaryl/α,β-unsaturated/α-hetero) is 1. The molecule has 0 rings (SSSR count). The van der Waals surface area contributed by atoms with Crippen LogP contribution in [0.4, 0.5) is 0 Å². The van der Waals surface area contributed by atoms with Crippen molar-refractivity contribution in [3.63, 3.8) is 0 Å². The van der Waals surface area contributed by atoms with E-state index in [0.29, 0.717) is 0 Å². The van der Waals surface area contributed by atoms with E-state index in [1.165, 1.54) is 20.8 Å². The average molecular weight is 498 g/mol. The van der Waals surface area contributed by atoms with Crippen molar-refractivity contribution >= 4 is 31.6 Å². The summed E-state index contributed by atoms with van der Waals surface area (Å²) in [5.74, 6) is -0.417. The minimum atomic E-state index is -3.42. The van der Waals surface area contributed by atoms with Gasteiger partial charge in [0.25, 0.3) is 0 Å². The fraction of sp³-hybridized carbons (Fsp3) is 0.778. The molecule has 0 aromatic heterocycles. The summed E-state index contributed by atoms with van der Waals surface area (Å²) in [4.78, 5) is 18.6. The summed E-state index contributed by atoms with van der Waals surface area (Å²) < 4.78 is 37.9. The van der Waals surface area contributed by atoms with Crippen molar-refractivity contribution < 1.29 is 91.8 Å². The smallest absolute Gasteiger partial charge is 0.144 e. The summed E-state index contributed by atoms with van der Waals surface area (Å²) in [7, 11) is -6.08. The van der Waals surface area contributed by atoms with E-state index in [9.17, 15) is 21.6 Å². The summed E-state index contributed by atoms with van der Waals surface area (Å²) in [6.07, 6.45) is 3.15. The largest absolute Gasteiger partial charge is 0.668 e. The van der Waals surface area contributed by atoms with E-state index < -0.39 is 25.8 Å². The fourth-order valence-corrected chi connectivity index (χ4v) is 0. The van der Waals surface area contributed by atoms with E-state index in [-0.39, 0.29) is 78.6 Å². The molecule has 0 aliphatic heterocycles. The fourth-order valence-electron chi connectivity index (χ4n) is 0. The molecule has 8 nitrogen and oxygen atoms in total. The second-order valence-corrected chi connectivity index (χ2v) is 7.21. The third-order valence-electron chi connectivity index (χ3n) is 0. The first kappa shape index (κ1) is 43.2. The van der Waals surface area contributed by atoms with E-state index in [0.717, 1.165) is 18.8 Å². The van der Waals surface area contributed by atoms with Gasteiger partial charge in [-0.3, -0.25) is 0 Å². The number of carbonyl (C=O) groups is 2. The Hall–Kier alpha value is 1.21. The molecule has 0 aromatic rings. The molecule has 0 fully saturated rings. The van der Waals surface area contributed by atoms with Crippen LogP contribution in [-0.4, -0.2) is 47.3 Å². The van der Waals surface area contributed by atoms with Gasteiger partial charge in [0.2, 0.25) is 0 Å². The number of hydrogen-bond donors (Lipinski definition) is 0. The van der Waals surface area contributed by atoms with Crippen LogP contribution in [-0.2, 0) is 94.9 Å². The van der Waals surface area contributed by atoms with E-state index in [1.54, 1.807) is 0 Å². The minimum Gasteiger partial charge on any atom is -0.668 e. The maximum absolute atomic E-state index is 9.63. The topological polar surface area (TPSA) is 150 Å². The zero-order chi connectivity index (χ0) is 16.2. The molecule has 0 aliphatic carbocycles. The first-order valence-corrected chi connectivity index (χ1v) is 8.44. The van der Waals surface area contributed by atoms with Crippen molar-refractivity contribution in [1.29, 1.82) is 0 Å². The van der Waals surface area contributed by atoms with Crippen LogP contribution in [0, 0.1) is 0 Å². The van der Waals surface area contributed by atoms with Crippen molar-refractivity contribution in [2.24, 2.45) is 0 Å². The van der Waals surface area contributed by atoms with E-state index in [2.05, 4.69) is 0 Å². The molecule has 0 saturated heterocycles. The van der Waals surface area contributed by atoms with Gasteiger partial charge in [-0.15, -0.1) is 0 Å². The third kappa shape index (κ3) is 5360. The molecular weight excluding hydrogens is 474 g/mol. The van der Waals surface area contributed by atoms with E-state index >= 15 is 0 Å². The Kier molecular flexibility index (Phi) is 48.3. The molecule has 0 aliphatic rings. The molecule has 21 heavy (non-hydrogen) atoms. The third-order valence-corrected chi connectivity index (χ3v) is 0. The van der Waals surface area contributed by atoms with Crippen molar-refractivity contribution in [3.8, 4) is 0 Å². The van der Waals surface area contributed by atoms with Gasteiger partial charge >= 0.3 is 0 Å². The number of carbonyl (C=O) groups excluding carboxylic acids is 2. The number of sulfonamides is 1. The van der Waals surface area contributed by atoms with E-state index in [1.807, 2.05) is 0 Å². The van der Waals surface area contributed by atoms with Crippen molar-refractivity contribution in [2.45, 2.75) is 28.2 Å². The molecule has 0 heterocycles. The summed E-state index contributed by atoms with van der Waals surface area (Å²) >= 11 is 0. The number of amides is 1. The van der Waals surface area contributed by atoms with Crippen LogP contribution < -0.4 is 0 Å². The normalized spacial score (nSPS) is 7.95. The molecule has 0 saturated carbocycles. The minimum absolute atomic E-state index is 0. The SMILES string of the molecule is C.CC(C)=O.CC([NH-])=O.CS(C)(=O)=O.CS([NH-])(=O)=O.[Y].[Y]. The molecule has 0 unspecified atom stereocenters.